The molecule has 0 spiro atoms. The first kappa shape index (κ1) is 21.5. The van der Waals surface area contributed by atoms with Crippen molar-refractivity contribution in [2.75, 3.05) is 0 Å². The van der Waals surface area contributed by atoms with E-state index in [1.807, 2.05) is 0 Å². The lowest BCUT2D eigenvalue weighted by atomic mass is 9.78. The molecule has 0 aliphatic heterocycles. The molecule has 1 fully saturated rings. The van der Waals surface area contributed by atoms with E-state index in [0.29, 0.717) is 5.92 Å². The first-order chi connectivity index (χ1) is 13.8. The van der Waals surface area contributed by atoms with Gasteiger partial charge in [0, 0.05) is 0 Å². The number of allylic oxidation sites excluding steroid dienone is 2. The average Bonchev–Trinajstić information content (AvgIpc) is 2.69. The maximum Gasteiger partial charge on any atom is 0.573 e. The Morgan fingerprint density at radius 1 is 0.966 bits per heavy atom. The van der Waals surface area contributed by atoms with Crippen molar-refractivity contribution in [3.63, 3.8) is 0 Å². The molecule has 0 N–H and O–H groups in total. The molecular weight excluding hydrogens is 373 g/mol. The quantitative estimate of drug-likeness (QED) is 0.448. The van der Waals surface area contributed by atoms with Crippen LogP contribution < -0.4 is 4.74 Å². The summed E-state index contributed by atoms with van der Waals surface area (Å²) in [7, 11) is 0. The Kier molecular flexibility index (Phi) is 7.05. The fraction of sp³-hybridized carbons (Fsp3) is 0.440. The van der Waals surface area contributed by atoms with Gasteiger partial charge in [0.25, 0.3) is 0 Å². The van der Waals surface area contributed by atoms with Crippen LogP contribution in [0.25, 0.3) is 0 Å². The molecule has 0 heterocycles. The third kappa shape index (κ3) is 6.38. The van der Waals surface area contributed by atoms with Crippen molar-refractivity contribution in [3.05, 3.63) is 77.4 Å². The largest absolute Gasteiger partial charge is 0.573 e. The maximum absolute atomic E-state index is 12.3. The fourth-order valence-electron chi connectivity index (χ4n) is 4.31. The molecule has 0 saturated heterocycles. The molecule has 1 atom stereocenters. The molecule has 0 radical (unpaired) electrons. The Hall–Kier alpha value is -2.23. The molecular formula is C25H29F3O. The van der Waals surface area contributed by atoms with E-state index in [1.54, 1.807) is 12.1 Å². The topological polar surface area (TPSA) is 9.23 Å². The zero-order valence-electron chi connectivity index (χ0n) is 17.1. The van der Waals surface area contributed by atoms with Crippen molar-refractivity contribution >= 4 is 0 Å². The predicted molar refractivity (Wildman–Crippen MR) is 111 cm³/mol. The van der Waals surface area contributed by atoms with Gasteiger partial charge in [-0.3, -0.25) is 0 Å². The van der Waals surface area contributed by atoms with Crippen molar-refractivity contribution in [3.8, 4) is 5.75 Å². The van der Waals surface area contributed by atoms with Crippen LogP contribution in [-0.2, 0) is 6.42 Å². The van der Waals surface area contributed by atoms with Crippen LogP contribution in [0.3, 0.4) is 0 Å². The molecule has 156 valence electrons. The van der Waals surface area contributed by atoms with Crippen LogP contribution in [0.1, 0.15) is 68.1 Å². The van der Waals surface area contributed by atoms with Crippen molar-refractivity contribution in [2.24, 2.45) is 5.92 Å². The van der Waals surface area contributed by atoms with Crippen LogP contribution in [0.5, 0.6) is 5.75 Å². The second kappa shape index (κ2) is 9.51. The number of benzene rings is 2. The van der Waals surface area contributed by atoms with Crippen molar-refractivity contribution < 1.29 is 17.9 Å². The minimum Gasteiger partial charge on any atom is -0.406 e. The van der Waals surface area contributed by atoms with Crippen LogP contribution in [0, 0.1) is 5.92 Å². The van der Waals surface area contributed by atoms with Gasteiger partial charge in [0.15, 0.2) is 0 Å². The number of halogens is 3. The Balaban J connectivity index is 1.55. The third-order valence-corrected chi connectivity index (χ3v) is 5.91. The van der Waals surface area contributed by atoms with E-state index in [1.165, 1.54) is 48.9 Å². The SMILES string of the molecule is CC=CC1CCC(c2ccc(C[C@@H](C)c3ccc(OC(F)(F)F)cc3)cc2)CC1. The summed E-state index contributed by atoms with van der Waals surface area (Å²) >= 11 is 0. The molecule has 3 rings (SSSR count). The van der Waals surface area contributed by atoms with E-state index in [2.05, 4.69) is 55.0 Å². The normalized spacial score (nSPS) is 21.3. The van der Waals surface area contributed by atoms with Gasteiger partial charge in [0.1, 0.15) is 5.75 Å². The summed E-state index contributed by atoms with van der Waals surface area (Å²) in [6.07, 6.45) is 5.73. The van der Waals surface area contributed by atoms with E-state index in [4.69, 9.17) is 0 Å². The summed E-state index contributed by atoms with van der Waals surface area (Å²) in [6, 6.07) is 15.1. The smallest absolute Gasteiger partial charge is 0.406 e. The summed E-state index contributed by atoms with van der Waals surface area (Å²) < 4.78 is 40.8. The number of hydrogen-bond acceptors (Lipinski definition) is 1. The van der Waals surface area contributed by atoms with E-state index in [0.717, 1.165) is 17.9 Å². The highest BCUT2D eigenvalue weighted by molar-refractivity contribution is 5.32. The number of rotatable bonds is 6. The van der Waals surface area contributed by atoms with Crippen LogP contribution in [0.15, 0.2) is 60.7 Å². The van der Waals surface area contributed by atoms with Crippen molar-refractivity contribution in [1.29, 1.82) is 0 Å². The predicted octanol–water partition coefficient (Wildman–Crippen LogP) is 7.78. The molecule has 1 aliphatic rings. The van der Waals surface area contributed by atoms with Gasteiger partial charge in [-0.05, 0) is 85.6 Å². The molecule has 0 unspecified atom stereocenters. The first-order valence-electron chi connectivity index (χ1n) is 10.4. The van der Waals surface area contributed by atoms with E-state index in [-0.39, 0.29) is 11.7 Å². The molecule has 2 aromatic carbocycles. The summed E-state index contributed by atoms with van der Waals surface area (Å²) in [6.45, 7) is 4.19. The van der Waals surface area contributed by atoms with Gasteiger partial charge in [-0.2, -0.15) is 0 Å². The molecule has 2 aromatic rings. The monoisotopic (exact) mass is 402 g/mol. The highest BCUT2D eigenvalue weighted by Crippen LogP contribution is 2.36. The maximum atomic E-state index is 12.3. The van der Waals surface area contributed by atoms with Gasteiger partial charge in [-0.25, -0.2) is 0 Å². The number of hydrogen-bond donors (Lipinski definition) is 0. The summed E-state index contributed by atoms with van der Waals surface area (Å²) in [5, 5.41) is 0. The van der Waals surface area contributed by atoms with Crippen LogP contribution in [-0.4, -0.2) is 6.36 Å². The molecule has 0 amide bonds. The molecule has 29 heavy (non-hydrogen) atoms. The third-order valence-electron chi connectivity index (χ3n) is 5.91. The lowest BCUT2D eigenvalue weighted by molar-refractivity contribution is -0.274. The van der Waals surface area contributed by atoms with Crippen molar-refractivity contribution in [1.82, 2.24) is 0 Å². The van der Waals surface area contributed by atoms with E-state index >= 15 is 0 Å². The first-order valence-corrected chi connectivity index (χ1v) is 10.4. The Morgan fingerprint density at radius 2 is 1.59 bits per heavy atom. The van der Waals surface area contributed by atoms with Gasteiger partial charge in [0.2, 0.25) is 0 Å². The van der Waals surface area contributed by atoms with Crippen LogP contribution >= 0.6 is 0 Å². The second-order valence-corrected chi connectivity index (χ2v) is 8.10. The minimum atomic E-state index is -4.65. The zero-order valence-corrected chi connectivity index (χ0v) is 17.1. The highest BCUT2D eigenvalue weighted by atomic mass is 19.4. The minimum absolute atomic E-state index is 0.179. The van der Waals surface area contributed by atoms with Gasteiger partial charge < -0.3 is 4.74 Å². The lowest BCUT2D eigenvalue weighted by Crippen LogP contribution is -2.17. The van der Waals surface area contributed by atoms with Gasteiger partial charge >= 0.3 is 6.36 Å². The van der Waals surface area contributed by atoms with E-state index in [9.17, 15) is 13.2 Å². The molecule has 0 bridgehead atoms. The summed E-state index contributed by atoms with van der Waals surface area (Å²) in [5.41, 5.74) is 3.68. The molecule has 0 aromatic heterocycles. The number of ether oxygens (including phenoxy) is 1. The molecule has 4 heteroatoms. The molecule has 1 saturated carbocycles. The van der Waals surface area contributed by atoms with Gasteiger partial charge in [-0.15, -0.1) is 13.2 Å². The molecule has 1 nitrogen and oxygen atoms in total. The molecule has 1 aliphatic carbocycles. The Bertz CT molecular complexity index is 782. The Labute approximate surface area is 171 Å². The highest BCUT2D eigenvalue weighted by Gasteiger charge is 2.31. The summed E-state index contributed by atoms with van der Waals surface area (Å²) in [4.78, 5) is 0. The van der Waals surface area contributed by atoms with Gasteiger partial charge in [-0.1, -0.05) is 55.5 Å². The summed E-state index contributed by atoms with van der Waals surface area (Å²) in [5.74, 6) is 1.44. The van der Waals surface area contributed by atoms with Crippen molar-refractivity contribution in [2.45, 2.75) is 64.1 Å². The van der Waals surface area contributed by atoms with Crippen LogP contribution in [0.4, 0.5) is 13.2 Å². The number of alkyl halides is 3. The van der Waals surface area contributed by atoms with Gasteiger partial charge in [0.05, 0.1) is 0 Å². The van der Waals surface area contributed by atoms with Crippen LogP contribution in [0.2, 0.25) is 0 Å². The second-order valence-electron chi connectivity index (χ2n) is 8.10. The average molecular weight is 403 g/mol. The Morgan fingerprint density at radius 3 is 2.14 bits per heavy atom. The lowest BCUT2D eigenvalue weighted by Gasteiger charge is -2.27. The zero-order chi connectivity index (χ0) is 20.9. The standard InChI is InChI=1S/C25H29F3O/c1-3-4-19-5-9-22(10-6-19)23-11-7-20(8-12-23)17-18(2)21-13-15-24(16-14-21)29-25(26,27)28/h3-4,7-8,11-16,18-19,22H,5-6,9-10,17H2,1-2H3/t18-,19?,22?/m1/s1. The fourth-order valence-corrected chi connectivity index (χ4v) is 4.31. The van der Waals surface area contributed by atoms with E-state index < -0.39 is 6.36 Å².